The summed E-state index contributed by atoms with van der Waals surface area (Å²) in [5.74, 6) is -0.183. The number of nitrogens with one attached hydrogen (secondary N) is 1. The molecule has 0 saturated carbocycles. The fourth-order valence-corrected chi connectivity index (χ4v) is 1.26. The Balaban J connectivity index is 2.46. The summed E-state index contributed by atoms with van der Waals surface area (Å²) in [7, 11) is 0. The molecule has 14 heavy (non-hydrogen) atoms. The zero-order valence-corrected chi connectivity index (χ0v) is 8.39. The second-order valence-corrected chi connectivity index (χ2v) is 3.27. The number of rotatable bonds is 5. The number of halogens is 1. The van der Waals surface area contributed by atoms with Gasteiger partial charge in [0, 0.05) is 24.4 Å². The second kappa shape index (κ2) is 5.60. The Morgan fingerprint density at radius 1 is 1.36 bits per heavy atom. The summed E-state index contributed by atoms with van der Waals surface area (Å²) >= 11 is 0. The van der Waals surface area contributed by atoms with Gasteiger partial charge in [0.2, 0.25) is 0 Å². The summed E-state index contributed by atoms with van der Waals surface area (Å²) in [5, 5.41) is 11.7. The molecular formula is C11H16FNO. The van der Waals surface area contributed by atoms with Gasteiger partial charge in [0.25, 0.3) is 0 Å². The average molecular weight is 197 g/mol. The fraction of sp³-hybridized carbons (Fsp3) is 0.455. The van der Waals surface area contributed by atoms with Gasteiger partial charge in [0.15, 0.2) is 0 Å². The van der Waals surface area contributed by atoms with Crippen LogP contribution in [-0.4, -0.2) is 18.3 Å². The molecule has 0 amide bonds. The van der Waals surface area contributed by atoms with Gasteiger partial charge in [0.05, 0.1) is 0 Å². The van der Waals surface area contributed by atoms with Crippen LogP contribution in [0.1, 0.15) is 18.4 Å². The number of hydrogen-bond donors (Lipinski definition) is 2. The molecule has 1 aromatic carbocycles. The Morgan fingerprint density at radius 2 is 2.14 bits per heavy atom. The maximum absolute atomic E-state index is 13.1. The molecular weight excluding hydrogens is 181 g/mol. The summed E-state index contributed by atoms with van der Waals surface area (Å²) in [5.41, 5.74) is 1.49. The van der Waals surface area contributed by atoms with Crippen LogP contribution in [-0.2, 0) is 0 Å². The van der Waals surface area contributed by atoms with Crippen molar-refractivity contribution in [3.8, 4) is 0 Å². The minimum Gasteiger partial charge on any atom is -0.396 e. The highest BCUT2D eigenvalue weighted by molar-refractivity contribution is 5.50. The van der Waals surface area contributed by atoms with Crippen molar-refractivity contribution in [3.05, 3.63) is 29.6 Å². The second-order valence-electron chi connectivity index (χ2n) is 3.27. The van der Waals surface area contributed by atoms with Gasteiger partial charge in [-0.05, 0) is 31.9 Å². The predicted molar refractivity (Wildman–Crippen MR) is 55.9 cm³/mol. The van der Waals surface area contributed by atoms with Crippen LogP contribution in [0.3, 0.4) is 0 Å². The van der Waals surface area contributed by atoms with Crippen molar-refractivity contribution in [1.82, 2.24) is 0 Å². The molecule has 0 atom stereocenters. The first-order chi connectivity index (χ1) is 6.75. The van der Waals surface area contributed by atoms with Crippen LogP contribution in [0.15, 0.2) is 18.2 Å². The Kier molecular flexibility index (Phi) is 4.40. The SMILES string of the molecule is Cc1c(F)cccc1NCCCCO. The van der Waals surface area contributed by atoms with Gasteiger partial charge in [-0.2, -0.15) is 0 Å². The van der Waals surface area contributed by atoms with Crippen LogP contribution in [0.2, 0.25) is 0 Å². The van der Waals surface area contributed by atoms with Crippen LogP contribution in [0, 0.1) is 12.7 Å². The minimum absolute atomic E-state index is 0.183. The predicted octanol–water partition coefficient (Wildman–Crippen LogP) is 2.32. The Bertz CT molecular complexity index is 289. The monoisotopic (exact) mass is 197 g/mol. The minimum atomic E-state index is -0.183. The molecule has 78 valence electrons. The van der Waals surface area contributed by atoms with E-state index in [2.05, 4.69) is 5.32 Å². The first-order valence-corrected chi connectivity index (χ1v) is 4.85. The van der Waals surface area contributed by atoms with E-state index in [1.54, 1.807) is 13.0 Å². The number of unbranched alkanes of at least 4 members (excludes halogenated alkanes) is 1. The van der Waals surface area contributed by atoms with Crippen molar-refractivity contribution in [3.63, 3.8) is 0 Å². The summed E-state index contributed by atoms with van der Waals surface area (Å²) < 4.78 is 13.1. The number of hydrogen-bond acceptors (Lipinski definition) is 2. The van der Waals surface area contributed by atoms with Gasteiger partial charge in [-0.1, -0.05) is 6.07 Å². The third kappa shape index (κ3) is 3.00. The number of benzene rings is 1. The summed E-state index contributed by atoms with van der Waals surface area (Å²) in [6.07, 6.45) is 1.67. The molecule has 0 aromatic heterocycles. The van der Waals surface area contributed by atoms with Crippen LogP contribution in [0.4, 0.5) is 10.1 Å². The molecule has 0 aliphatic rings. The van der Waals surface area contributed by atoms with E-state index in [-0.39, 0.29) is 12.4 Å². The van der Waals surface area contributed by atoms with Crippen molar-refractivity contribution in [2.75, 3.05) is 18.5 Å². The van der Waals surface area contributed by atoms with E-state index in [1.165, 1.54) is 6.07 Å². The van der Waals surface area contributed by atoms with Crippen molar-refractivity contribution >= 4 is 5.69 Å². The first kappa shape index (κ1) is 11.0. The van der Waals surface area contributed by atoms with Gasteiger partial charge < -0.3 is 10.4 Å². The van der Waals surface area contributed by atoms with E-state index in [4.69, 9.17) is 5.11 Å². The van der Waals surface area contributed by atoms with Crippen molar-refractivity contribution in [2.24, 2.45) is 0 Å². The van der Waals surface area contributed by atoms with Crippen molar-refractivity contribution in [1.29, 1.82) is 0 Å². The summed E-state index contributed by atoms with van der Waals surface area (Å²) in [6.45, 7) is 2.73. The molecule has 0 aliphatic carbocycles. The number of anilines is 1. The van der Waals surface area contributed by atoms with Gasteiger partial charge in [0.1, 0.15) is 5.82 Å². The molecule has 1 rings (SSSR count). The Morgan fingerprint density at radius 3 is 2.86 bits per heavy atom. The van der Waals surface area contributed by atoms with Crippen LogP contribution >= 0.6 is 0 Å². The zero-order chi connectivity index (χ0) is 10.4. The maximum Gasteiger partial charge on any atom is 0.128 e. The molecule has 0 spiro atoms. The third-order valence-electron chi connectivity index (χ3n) is 2.17. The van der Waals surface area contributed by atoms with E-state index in [0.29, 0.717) is 5.56 Å². The normalized spacial score (nSPS) is 10.2. The molecule has 1 aromatic rings. The van der Waals surface area contributed by atoms with E-state index in [0.717, 1.165) is 25.1 Å². The first-order valence-electron chi connectivity index (χ1n) is 4.85. The van der Waals surface area contributed by atoms with E-state index in [1.807, 2.05) is 6.07 Å². The van der Waals surface area contributed by atoms with Gasteiger partial charge >= 0.3 is 0 Å². The van der Waals surface area contributed by atoms with E-state index < -0.39 is 0 Å². The largest absolute Gasteiger partial charge is 0.396 e. The molecule has 2 N–H and O–H groups in total. The standard InChI is InChI=1S/C11H16FNO/c1-9-10(12)5-4-6-11(9)13-7-2-3-8-14/h4-6,13-14H,2-3,7-8H2,1H3. The molecule has 0 fully saturated rings. The van der Waals surface area contributed by atoms with Crippen LogP contribution < -0.4 is 5.32 Å². The van der Waals surface area contributed by atoms with Gasteiger partial charge in [-0.25, -0.2) is 4.39 Å². The van der Waals surface area contributed by atoms with E-state index in [9.17, 15) is 4.39 Å². The summed E-state index contributed by atoms with van der Waals surface area (Å²) in [6, 6.07) is 5.00. The molecule has 0 saturated heterocycles. The smallest absolute Gasteiger partial charge is 0.128 e. The zero-order valence-electron chi connectivity index (χ0n) is 8.39. The number of aliphatic hydroxyl groups excluding tert-OH is 1. The van der Waals surface area contributed by atoms with Gasteiger partial charge in [-0.3, -0.25) is 0 Å². The lowest BCUT2D eigenvalue weighted by molar-refractivity contribution is 0.286. The molecule has 0 heterocycles. The Hall–Kier alpha value is -1.09. The third-order valence-corrected chi connectivity index (χ3v) is 2.17. The average Bonchev–Trinajstić information content (AvgIpc) is 2.19. The van der Waals surface area contributed by atoms with Crippen LogP contribution in [0.25, 0.3) is 0 Å². The molecule has 0 bridgehead atoms. The van der Waals surface area contributed by atoms with Crippen molar-refractivity contribution in [2.45, 2.75) is 19.8 Å². The highest BCUT2D eigenvalue weighted by atomic mass is 19.1. The topological polar surface area (TPSA) is 32.3 Å². The van der Waals surface area contributed by atoms with E-state index >= 15 is 0 Å². The highest BCUT2D eigenvalue weighted by Crippen LogP contribution is 2.17. The summed E-state index contributed by atoms with van der Waals surface area (Å²) in [4.78, 5) is 0. The molecule has 0 unspecified atom stereocenters. The maximum atomic E-state index is 13.1. The quantitative estimate of drug-likeness (QED) is 0.710. The molecule has 2 nitrogen and oxygen atoms in total. The van der Waals surface area contributed by atoms with Gasteiger partial charge in [-0.15, -0.1) is 0 Å². The lowest BCUT2D eigenvalue weighted by Crippen LogP contribution is -2.04. The lowest BCUT2D eigenvalue weighted by atomic mass is 10.2. The highest BCUT2D eigenvalue weighted by Gasteiger charge is 2.01. The molecule has 0 aliphatic heterocycles. The lowest BCUT2D eigenvalue weighted by Gasteiger charge is -2.09. The Labute approximate surface area is 83.8 Å². The number of aliphatic hydroxyl groups is 1. The van der Waals surface area contributed by atoms with Crippen LogP contribution in [0.5, 0.6) is 0 Å². The molecule has 0 radical (unpaired) electrons. The molecule has 3 heteroatoms. The van der Waals surface area contributed by atoms with Crippen molar-refractivity contribution < 1.29 is 9.50 Å². The fourth-order valence-electron chi connectivity index (χ4n) is 1.26.